The summed E-state index contributed by atoms with van der Waals surface area (Å²) < 4.78 is 0. The zero-order chi connectivity index (χ0) is 17.3. The molecule has 0 radical (unpaired) electrons. The van der Waals surface area contributed by atoms with Crippen LogP contribution < -0.4 is 4.90 Å². The molecule has 126 valence electrons. The maximum absolute atomic E-state index is 13.1. The molecule has 5 rings (SSSR count). The second-order valence-electron chi connectivity index (χ2n) is 6.73. The van der Waals surface area contributed by atoms with E-state index in [1.165, 1.54) is 4.90 Å². The molecule has 25 heavy (non-hydrogen) atoms. The lowest BCUT2D eigenvalue weighted by atomic mass is 9.92. The Bertz CT molecular complexity index is 944. The average Bonchev–Trinajstić information content (AvgIpc) is 3.17. The van der Waals surface area contributed by atoms with Gasteiger partial charge in [-0.3, -0.25) is 14.5 Å². The Morgan fingerprint density at radius 1 is 1.08 bits per heavy atom. The number of halogens is 1. The fourth-order valence-electron chi connectivity index (χ4n) is 4.47. The van der Waals surface area contributed by atoms with Crippen LogP contribution in [-0.2, 0) is 5.72 Å². The van der Waals surface area contributed by atoms with Gasteiger partial charge in [-0.15, -0.1) is 0 Å². The number of rotatable bonds is 0. The molecule has 0 aromatic heterocycles. The largest absolute Gasteiger partial charge is 0.365 e. The molecule has 0 unspecified atom stereocenters. The highest BCUT2D eigenvalue weighted by Gasteiger charge is 2.59. The van der Waals surface area contributed by atoms with E-state index in [-0.39, 0.29) is 11.8 Å². The Labute approximate surface area is 149 Å². The topological polar surface area (TPSA) is 60.9 Å². The van der Waals surface area contributed by atoms with Gasteiger partial charge in [0, 0.05) is 22.7 Å². The SMILES string of the molecule is O=C1c2cc(Cl)ccc2N2C(=O)c3ccccc3[C@@]2(O)[C@H]2CCCN12. The van der Waals surface area contributed by atoms with Crippen molar-refractivity contribution < 1.29 is 14.7 Å². The molecule has 2 amide bonds. The van der Waals surface area contributed by atoms with Crippen molar-refractivity contribution >= 4 is 29.1 Å². The van der Waals surface area contributed by atoms with E-state index in [0.29, 0.717) is 40.4 Å². The molecular formula is C19H15ClN2O3. The van der Waals surface area contributed by atoms with Crippen LogP contribution in [0.3, 0.4) is 0 Å². The van der Waals surface area contributed by atoms with E-state index in [1.807, 2.05) is 6.07 Å². The molecule has 6 heteroatoms. The molecule has 0 bridgehead atoms. The maximum atomic E-state index is 13.1. The summed E-state index contributed by atoms with van der Waals surface area (Å²) in [7, 11) is 0. The van der Waals surface area contributed by atoms with E-state index in [2.05, 4.69) is 0 Å². The van der Waals surface area contributed by atoms with Crippen molar-refractivity contribution in [2.24, 2.45) is 0 Å². The monoisotopic (exact) mass is 354 g/mol. The number of aliphatic hydroxyl groups is 1. The molecular weight excluding hydrogens is 340 g/mol. The number of fused-ring (bicyclic) bond motifs is 7. The molecule has 1 saturated heterocycles. The Morgan fingerprint density at radius 2 is 1.88 bits per heavy atom. The lowest BCUT2D eigenvalue weighted by molar-refractivity contribution is -0.0228. The number of benzene rings is 2. The van der Waals surface area contributed by atoms with Crippen molar-refractivity contribution in [3.05, 3.63) is 64.2 Å². The highest BCUT2D eigenvalue weighted by atomic mass is 35.5. The fourth-order valence-corrected chi connectivity index (χ4v) is 4.64. The summed E-state index contributed by atoms with van der Waals surface area (Å²) in [6.07, 6.45) is 1.43. The first-order valence-electron chi connectivity index (χ1n) is 8.30. The number of carbonyl (C=O) groups is 2. The molecule has 1 fully saturated rings. The third kappa shape index (κ3) is 1.72. The molecule has 0 aliphatic carbocycles. The number of nitrogens with zero attached hydrogens (tertiary/aromatic N) is 2. The quantitative estimate of drug-likeness (QED) is 0.791. The molecule has 2 atom stereocenters. The van der Waals surface area contributed by atoms with Gasteiger partial charge in [0.15, 0.2) is 5.72 Å². The smallest absolute Gasteiger partial charge is 0.261 e. The number of anilines is 1. The van der Waals surface area contributed by atoms with Crippen molar-refractivity contribution in [3.8, 4) is 0 Å². The predicted octanol–water partition coefficient (Wildman–Crippen LogP) is 2.76. The molecule has 2 aromatic carbocycles. The predicted molar refractivity (Wildman–Crippen MR) is 92.7 cm³/mol. The Morgan fingerprint density at radius 3 is 2.72 bits per heavy atom. The highest BCUT2D eigenvalue weighted by molar-refractivity contribution is 6.31. The number of hydrogen-bond acceptors (Lipinski definition) is 3. The number of carbonyl (C=O) groups excluding carboxylic acids is 2. The first-order valence-corrected chi connectivity index (χ1v) is 8.68. The average molecular weight is 355 g/mol. The van der Waals surface area contributed by atoms with Crippen molar-refractivity contribution in [1.29, 1.82) is 0 Å². The van der Waals surface area contributed by atoms with Gasteiger partial charge in [0.2, 0.25) is 0 Å². The minimum atomic E-state index is -1.56. The fraction of sp³-hybridized carbons (Fsp3) is 0.263. The lowest BCUT2D eigenvalue weighted by Crippen LogP contribution is -2.55. The van der Waals surface area contributed by atoms with Gasteiger partial charge in [-0.25, -0.2) is 0 Å². The van der Waals surface area contributed by atoms with E-state index in [4.69, 9.17) is 11.6 Å². The molecule has 3 heterocycles. The van der Waals surface area contributed by atoms with Crippen molar-refractivity contribution in [1.82, 2.24) is 4.90 Å². The molecule has 1 N–H and O–H groups in total. The third-order valence-electron chi connectivity index (χ3n) is 5.51. The lowest BCUT2D eigenvalue weighted by Gasteiger charge is -2.39. The van der Waals surface area contributed by atoms with Gasteiger partial charge in [-0.1, -0.05) is 29.8 Å². The zero-order valence-electron chi connectivity index (χ0n) is 13.3. The van der Waals surface area contributed by atoms with E-state index < -0.39 is 11.8 Å². The Hall–Kier alpha value is -2.37. The third-order valence-corrected chi connectivity index (χ3v) is 5.74. The van der Waals surface area contributed by atoms with E-state index in [0.717, 1.165) is 6.42 Å². The second kappa shape index (κ2) is 4.84. The van der Waals surface area contributed by atoms with Gasteiger partial charge in [-0.2, -0.15) is 0 Å². The second-order valence-corrected chi connectivity index (χ2v) is 7.17. The molecule has 0 saturated carbocycles. The number of amides is 2. The van der Waals surface area contributed by atoms with Crippen LogP contribution in [0.15, 0.2) is 42.5 Å². The summed E-state index contributed by atoms with van der Waals surface area (Å²) >= 11 is 6.10. The maximum Gasteiger partial charge on any atom is 0.261 e. The summed E-state index contributed by atoms with van der Waals surface area (Å²) in [6.45, 7) is 0.558. The van der Waals surface area contributed by atoms with Gasteiger partial charge >= 0.3 is 0 Å². The molecule has 2 aromatic rings. The van der Waals surface area contributed by atoms with Gasteiger partial charge in [0.05, 0.1) is 17.3 Å². The first kappa shape index (κ1) is 14.9. The summed E-state index contributed by atoms with van der Waals surface area (Å²) in [5, 5.41) is 12.2. The summed E-state index contributed by atoms with van der Waals surface area (Å²) in [4.78, 5) is 29.3. The van der Waals surface area contributed by atoms with Crippen molar-refractivity contribution in [2.75, 3.05) is 11.4 Å². The standard InChI is InChI=1S/C19H15ClN2O3/c20-11-7-8-15-13(10-11)17(23)21-9-3-6-16(21)19(25)14-5-2-1-4-12(14)18(24)22(15)19/h1-2,4-5,7-8,10,16,25H,3,6,9H2/t16-,19-/m1/s1. The minimum Gasteiger partial charge on any atom is -0.365 e. The van der Waals surface area contributed by atoms with Crippen LogP contribution in [0.2, 0.25) is 5.02 Å². The summed E-state index contributed by atoms with van der Waals surface area (Å²) in [5.74, 6) is -0.476. The molecule has 0 spiro atoms. The van der Waals surface area contributed by atoms with Gasteiger partial charge < -0.3 is 10.0 Å². The highest BCUT2D eigenvalue weighted by Crippen LogP contribution is 2.50. The van der Waals surface area contributed by atoms with Crippen LogP contribution >= 0.6 is 11.6 Å². The van der Waals surface area contributed by atoms with E-state index >= 15 is 0 Å². The Kier molecular flexibility index (Phi) is 2.89. The van der Waals surface area contributed by atoms with Crippen LogP contribution in [0.25, 0.3) is 0 Å². The first-order chi connectivity index (χ1) is 12.0. The van der Waals surface area contributed by atoms with Crippen LogP contribution in [0.5, 0.6) is 0 Å². The Balaban J connectivity index is 1.86. The summed E-state index contributed by atoms with van der Waals surface area (Å²) in [5.41, 5.74) is 0.252. The molecule has 3 aliphatic rings. The van der Waals surface area contributed by atoms with E-state index in [1.54, 1.807) is 41.3 Å². The van der Waals surface area contributed by atoms with E-state index in [9.17, 15) is 14.7 Å². The molecule has 3 aliphatic heterocycles. The molecule has 5 nitrogen and oxygen atoms in total. The van der Waals surface area contributed by atoms with Crippen LogP contribution in [0, 0.1) is 0 Å². The summed E-state index contributed by atoms with van der Waals surface area (Å²) in [6, 6.07) is 11.5. The van der Waals surface area contributed by atoms with Crippen LogP contribution in [0.1, 0.15) is 39.1 Å². The van der Waals surface area contributed by atoms with Crippen LogP contribution in [-0.4, -0.2) is 34.4 Å². The normalized spacial score (nSPS) is 26.9. The van der Waals surface area contributed by atoms with Crippen molar-refractivity contribution in [2.45, 2.75) is 24.6 Å². The minimum absolute atomic E-state index is 0.187. The zero-order valence-corrected chi connectivity index (χ0v) is 14.0. The van der Waals surface area contributed by atoms with Crippen LogP contribution in [0.4, 0.5) is 5.69 Å². The van der Waals surface area contributed by atoms with Gasteiger partial charge in [0.25, 0.3) is 11.8 Å². The van der Waals surface area contributed by atoms with Crippen molar-refractivity contribution in [3.63, 3.8) is 0 Å². The number of hydrogen-bond donors (Lipinski definition) is 1. The van der Waals surface area contributed by atoms with Gasteiger partial charge in [0.1, 0.15) is 0 Å². The van der Waals surface area contributed by atoms with Gasteiger partial charge in [-0.05, 0) is 37.1 Å².